The molecule has 0 bridgehead atoms. The molecule has 0 saturated heterocycles. The second kappa shape index (κ2) is 6.78. The third kappa shape index (κ3) is 3.87. The van der Waals surface area contributed by atoms with E-state index in [-0.39, 0.29) is 16.6 Å². The molecule has 0 aliphatic heterocycles. The Balaban J connectivity index is 2.39. The molecule has 2 rings (SSSR count). The summed E-state index contributed by atoms with van der Waals surface area (Å²) in [5.74, 6) is 0. The van der Waals surface area contributed by atoms with Crippen molar-refractivity contribution in [1.29, 1.82) is 0 Å². The number of hydrogen-bond donors (Lipinski definition) is 2. The van der Waals surface area contributed by atoms with Crippen molar-refractivity contribution in [2.24, 2.45) is 0 Å². The van der Waals surface area contributed by atoms with Crippen LogP contribution in [0.15, 0.2) is 43.5 Å². The highest BCUT2D eigenvalue weighted by Gasteiger charge is 2.25. The van der Waals surface area contributed by atoms with Crippen molar-refractivity contribution in [2.75, 3.05) is 5.73 Å². The molecule has 0 fully saturated rings. The largest absolute Gasteiger partial charge is 0.398 e. The first-order chi connectivity index (χ1) is 9.85. The Morgan fingerprint density at radius 2 is 2.10 bits per heavy atom. The van der Waals surface area contributed by atoms with Gasteiger partial charge in [-0.1, -0.05) is 28.9 Å². The topological polar surface area (TPSA) is 72.2 Å². The van der Waals surface area contributed by atoms with Gasteiger partial charge in [0.1, 0.15) is 4.90 Å². The Kier molecular flexibility index (Phi) is 5.48. The minimum atomic E-state index is -3.71. The van der Waals surface area contributed by atoms with E-state index in [4.69, 9.17) is 5.73 Å². The number of benzene rings is 1. The van der Waals surface area contributed by atoms with Crippen LogP contribution in [0.4, 0.5) is 5.69 Å². The molecule has 1 unspecified atom stereocenters. The molecule has 1 atom stereocenters. The average molecular weight is 454 g/mol. The van der Waals surface area contributed by atoms with E-state index in [0.717, 1.165) is 9.35 Å². The highest BCUT2D eigenvalue weighted by molar-refractivity contribution is 9.11. The van der Waals surface area contributed by atoms with E-state index in [9.17, 15) is 8.42 Å². The lowest BCUT2D eigenvalue weighted by molar-refractivity contribution is 0.553. The maximum Gasteiger partial charge on any atom is 0.244 e. The lowest BCUT2D eigenvalue weighted by atomic mass is 10.2. The van der Waals surface area contributed by atoms with Crippen molar-refractivity contribution >= 4 is 58.9 Å². The molecule has 8 heteroatoms. The van der Waals surface area contributed by atoms with Gasteiger partial charge in [-0.15, -0.1) is 11.3 Å². The molecule has 114 valence electrons. The van der Waals surface area contributed by atoms with Crippen LogP contribution < -0.4 is 10.5 Å². The molecule has 1 heterocycles. The van der Waals surface area contributed by atoms with Crippen LogP contribution in [0, 0.1) is 0 Å². The van der Waals surface area contributed by atoms with Gasteiger partial charge in [0.15, 0.2) is 0 Å². The number of hydrogen-bond acceptors (Lipinski definition) is 4. The van der Waals surface area contributed by atoms with Gasteiger partial charge in [-0.05, 0) is 45.9 Å². The zero-order valence-corrected chi connectivity index (χ0v) is 15.9. The molecule has 1 aromatic carbocycles. The highest BCUT2D eigenvalue weighted by Crippen LogP contribution is 2.33. The number of thiophene rings is 1. The normalized spacial score (nSPS) is 13.3. The number of nitrogen functional groups attached to an aromatic ring is 1. The van der Waals surface area contributed by atoms with Crippen LogP contribution >= 0.6 is 43.2 Å². The van der Waals surface area contributed by atoms with Crippen LogP contribution in [0.2, 0.25) is 0 Å². The third-order valence-corrected chi connectivity index (χ3v) is 6.82. The van der Waals surface area contributed by atoms with E-state index < -0.39 is 10.0 Å². The average Bonchev–Trinajstić information content (AvgIpc) is 2.87. The van der Waals surface area contributed by atoms with Crippen molar-refractivity contribution in [3.05, 3.63) is 43.5 Å². The minimum Gasteiger partial charge on any atom is -0.398 e. The second-order valence-electron chi connectivity index (χ2n) is 4.40. The molecule has 0 spiro atoms. The number of nitrogens with two attached hydrogens (primary N) is 1. The van der Waals surface area contributed by atoms with E-state index in [1.54, 1.807) is 12.1 Å². The van der Waals surface area contributed by atoms with Crippen LogP contribution in [0.5, 0.6) is 0 Å². The summed E-state index contributed by atoms with van der Waals surface area (Å²) in [6.07, 6.45) is 0.661. The molecule has 2 aromatic rings. The first kappa shape index (κ1) is 17.0. The smallest absolute Gasteiger partial charge is 0.244 e. The first-order valence-corrected chi connectivity index (χ1v) is 10.1. The zero-order valence-electron chi connectivity index (χ0n) is 11.1. The quantitative estimate of drug-likeness (QED) is 0.663. The predicted octanol–water partition coefficient (Wildman–Crippen LogP) is 4.28. The molecule has 0 aliphatic rings. The molecule has 0 amide bonds. The first-order valence-electron chi connectivity index (χ1n) is 6.15. The number of nitrogens with one attached hydrogen (secondary N) is 1. The summed E-state index contributed by atoms with van der Waals surface area (Å²) < 4.78 is 29.1. The molecule has 0 aliphatic carbocycles. The highest BCUT2D eigenvalue weighted by atomic mass is 79.9. The van der Waals surface area contributed by atoms with Gasteiger partial charge in [0.2, 0.25) is 10.0 Å². The van der Waals surface area contributed by atoms with Gasteiger partial charge < -0.3 is 5.73 Å². The van der Waals surface area contributed by atoms with Gasteiger partial charge in [-0.2, -0.15) is 0 Å². The van der Waals surface area contributed by atoms with E-state index in [1.807, 2.05) is 24.4 Å². The summed E-state index contributed by atoms with van der Waals surface area (Å²) >= 11 is 8.08. The van der Waals surface area contributed by atoms with E-state index in [2.05, 4.69) is 36.6 Å². The Labute approximate surface area is 145 Å². The van der Waals surface area contributed by atoms with Gasteiger partial charge in [-0.25, -0.2) is 13.1 Å². The Morgan fingerprint density at radius 3 is 2.62 bits per heavy atom. The summed E-state index contributed by atoms with van der Waals surface area (Å²) in [7, 11) is -3.71. The second-order valence-corrected chi connectivity index (χ2v) is 8.80. The summed E-state index contributed by atoms with van der Waals surface area (Å²) in [6, 6.07) is 6.80. The molecule has 4 nitrogen and oxygen atoms in total. The van der Waals surface area contributed by atoms with Crippen molar-refractivity contribution in [2.45, 2.75) is 24.3 Å². The summed E-state index contributed by atoms with van der Waals surface area (Å²) in [5.41, 5.74) is 6.07. The van der Waals surface area contributed by atoms with Crippen molar-refractivity contribution in [3.63, 3.8) is 0 Å². The van der Waals surface area contributed by atoms with E-state index in [1.165, 1.54) is 11.3 Å². The standard InChI is InChI=1S/C13H14Br2N2O2S2/c1-2-11(12-4-3-5-20-12)17-21(18,19)13-9(15)6-8(14)7-10(13)16/h3-7,11,17H,2,16H2,1H3. The maximum absolute atomic E-state index is 12.6. The Bertz CT molecular complexity index is 708. The molecule has 0 radical (unpaired) electrons. The summed E-state index contributed by atoms with van der Waals surface area (Å²) in [5, 5.41) is 1.93. The van der Waals surface area contributed by atoms with Gasteiger partial charge in [0.25, 0.3) is 0 Å². The lowest BCUT2D eigenvalue weighted by Crippen LogP contribution is -2.28. The maximum atomic E-state index is 12.6. The van der Waals surface area contributed by atoms with Crippen LogP contribution in [-0.4, -0.2) is 8.42 Å². The Morgan fingerprint density at radius 1 is 1.38 bits per heavy atom. The third-order valence-electron chi connectivity index (χ3n) is 2.90. The zero-order chi connectivity index (χ0) is 15.6. The van der Waals surface area contributed by atoms with Crippen molar-refractivity contribution in [1.82, 2.24) is 4.72 Å². The number of anilines is 1. The number of halogens is 2. The molecule has 3 N–H and O–H groups in total. The molecule has 0 saturated carbocycles. The van der Waals surface area contributed by atoms with Gasteiger partial charge >= 0.3 is 0 Å². The molecular formula is C13H14Br2N2O2S2. The number of rotatable bonds is 5. The summed E-state index contributed by atoms with van der Waals surface area (Å²) in [6.45, 7) is 1.94. The van der Waals surface area contributed by atoms with Crippen molar-refractivity contribution < 1.29 is 8.42 Å². The minimum absolute atomic E-state index is 0.0701. The lowest BCUT2D eigenvalue weighted by Gasteiger charge is -2.17. The molecule has 1 aromatic heterocycles. The fourth-order valence-corrected chi connectivity index (χ4v) is 6.25. The SMILES string of the molecule is CCC(NS(=O)(=O)c1c(N)cc(Br)cc1Br)c1cccs1. The fourth-order valence-electron chi connectivity index (χ4n) is 1.94. The van der Waals surface area contributed by atoms with E-state index in [0.29, 0.717) is 10.9 Å². The van der Waals surface area contributed by atoms with Crippen LogP contribution in [0.25, 0.3) is 0 Å². The van der Waals surface area contributed by atoms with Gasteiger partial charge in [-0.3, -0.25) is 0 Å². The fraction of sp³-hybridized carbons (Fsp3) is 0.231. The van der Waals surface area contributed by atoms with Crippen molar-refractivity contribution in [3.8, 4) is 0 Å². The van der Waals surface area contributed by atoms with Crippen LogP contribution in [0.3, 0.4) is 0 Å². The monoisotopic (exact) mass is 452 g/mol. The number of sulfonamides is 1. The van der Waals surface area contributed by atoms with Crippen LogP contribution in [0.1, 0.15) is 24.3 Å². The predicted molar refractivity (Wildman–Crippen MR) is 93.9 cm³/mol. The van der Waals surface area contributed by atoms with Crippen LogP contribution in [-0.2, 0) is 10.0 Å². The molecular weight excluding hydrogens is 440 g/mol. The Hall–Kier alpha value is -0.410. The van der Waals surface area contributed by atoms with E-state index >= 15 is 0 Å². The van der Waals surface area contributed by atoms with Gasteiger partial charge in [0, 0.05) is 13.8 Å². The summed E-state index contributed by atoms with van der Waals surface area (Å²) in [4.78, 5) is 1.05. The van der Waals surface area contributed by atoms with Gasteiger partial charge in [0.05, 0.1) is 11.7 Å². The molecule has 21 heavy (non-hydrogen) atoms.